The molecule has 1 aromatic rings. The van der Waals surface area contributed by atoms with Crippen molar-refractivity contribution in [1.82, 2.24) is 0 Å². The summed E-state index contributed by atoms with van der Waals surface area (Å²) in [7, 11) is 0. The van der Waals surface area contributed by atoms with E-state index in [0.29, 0.717) is 5.56 Å². The summed E-state index contributed by atoms with van der Waals surface area (Å²) in [5.74, 6) is -0.760. The average Bonchev–Trinajstić information content (AvgIpc) is 2.28. The van der Waals surface area contributed by atoms with Crippen molar-refractivity contribution in [3.63, 3.8) is 0 Å². The maximum atomic E-state index is 11.6. The van der Waals surface area contributed by atoms with Crippen molar-refractivity contribution < 1.29 is 19.2 Å². The van der Waals surface area contributed by atoms with Crippen LogP contribution >= 0.6 is 0 Å². The van der Waals surface area contributed by atoms with E-state index in [1.807, 2.05) is 0 Å². The molecule has 0 heterocycles. The van der Waals surface area contributed by atoms with E-state index < -0.39 is 10.9 Å². The van der Waals surface area contributed by atoms with Crippen LogP contribution in [0, 0.1) is 10.1 Å². The molecule has 0 fully saturated rings. The fraction of sp³-hybridized carbons (Fsp3) is 0.333. The van der Waals surface area contributed by atoms with Gasteiger partial charge in [0.1, 0.15) is 5.78 Å². The lowest BCUT2D eigenvalue weighted by Crippen LogP contribution is -2.10. The summed E-state index contributed by atoms with van der Waals surface area (Å²) >= 11 is 0. The molecule has 0 bridgehead atoms. The number of nitrogens with zero attached hydrogens (tertiary/aromatic N) is 1. The number of carbonyl (C=O) groups excluding carboxylic acids is 2. The number of hydrogen-bond acceptors (Lipinski definition) is 5. The van der Waals surface area contributed by atoms with Gasteiger partial charge in [0.05, 0.1) is 17.1 Å². The summed E-state index contributed by atoms with van der Waals surface area (Å²) in [6.07, 6.45) is -0.0319. The van der Waals surface area contributed by atoms with Gasteiger partial charge in [-0.05, 0) is 25.5 Å². The van der Waals surface area contributed by atoms with Gasteiger partial charge in [-0.3, -0.25) is 14.9 Å². The molecular weight excluding hydrogens is 238 g/mol. The van der Waals surface area contributed by atoms with Crippen LogP contribution in [0.3, 0.4) is 0 Å². The van der Waals surface area contributed by atoms with E-state index in [2.05, 4.69) is 0 Å². The van der Waals surface area contributed by atoms with Crippen LogP contribution in [0.15, 0.2) is 18.2 Å². The first-order valence-electron chi connectivity index (χ1n) is 5.39. The predicted molar refractivity (Wildman–Crippen MR) is 63.4 cm³/mol. The highest BCUT2D eigenvalue weighted by Gasteiger charge is 2.17. The van der Waals surface area contributed by atoms with Gasteiger partial charge in [-0.1, -0.05) is 0 Å². The quantitative estimate of drug-likeness (QED) is 0.453. The monoisotopic (exact) mass is 251 g/mol. The van der Waals surface area contributed by atoms with Crippen LogP contribution in [0.25, 0.3) is 0 Å². The lowest BCUT2D eigenvalue weighted by atomic mass is 10.0. The second-order valence-electron chi connectivity index (χ2n) is 3.70. The summed E-state index contributed by atoms with van der Waals surface area (Å²) in [6, 6.07) is 3.76. The highest BCUT2D eigenvalue weighted by Crippen LogP contribution is 2.19. The largest absolute Gasteiger partial charge is 0.462 e. The third-order valence-electron chi connectivity index (χ3n) is 2.23. The van der Waals surface area contributed by atoms with Crippen LogP contribution in [0.5, 0.6) is 0 Å². The fourth-order valence-corrected chi connectivity index (χ4v) is 1.52. The summed E-state index contributed by atoms with van der Waals surface area (Å²) in [4.78, 5) is 32.8. The number of ketones is 1. The highest BCUT2D eigenvalue weighted by atomic mass is 16.6. The molecular formula is C12H13NO5. The first kappa shape index (κ1) is 13.8. The number of ether oxygens (including phenoxy) is 1. The minimum atomic E-state index is -0.580. The number of Topliss-reactive ketones (excluding diaryl/α,β-unsaturated/α-hetero) is 1. The molecule has 1 rings (SSSR count). The Morgan fingerprint density at radius 3 is 2.56 bits per heavy atom. The minimum Gasteiger partial charge on any atom is -0.462 e. The van der Waals surface area contributed by atoms with Crippen LogP contribution in [0.1, 0.15) is 29.8 Å². The van der Waals surface area contributed by atoms with Crippen molar-refractivity contribution in [2.24, 2.45) is 0 Å². The van der Waals surface area contributed by atoms with Gasteiger partial charge in [0.25, 0.3) is 5.69 Å². The third-order valence-corrected chi connectivity index (χ3v) is 2.23. The fourth-order valence-electron chi connectivity index (χ4n) is 1.52. The van der Waals surface area contributed by atoms with Crippen molar-refractivity contribution in [2.75, 3.05) is 6.61 Å². The molecule has 96 valence electrons. The first-order chi connectivity index (χ1) is 8.45. The molecule has 6 nitrogen and oxygen atoms in total. The van der Waals surface area contributed by atoms with E-state index >= 15 is 0 Å². The minimum absolute atomic E-state index is 0.0319. The Balaban J connectivity index is 3.19. The van der Waals surface area contributed by atoms with Crippen LogP contribution < -0.4 is 0 Å². The van der Waals surface area contributed by atoms with Crippen molar-refractivity contribution in [3.05, 3.63) is 39.4 Å². The molecule has 0 spiro atoms. The zero-order chi connectivity index (χ0) is 13.7. The molecule has 18 heavy (non-hydrogen) atoms. The molecule has 0 saturated heterocycles. The van der Waals surface area contributed by atoms with Crippen molar-refractivity contribution in [3.8, 4) is 0 Å². The molecule has 6 heteroatoms. The van der Waals surface area contributed by atoms with E-state index in [0.717, 1.165) is 0 Å². The average molecular weight is 251 g/mol. The number of nitro benzene ring substituents is 1. The molecule has 0 aromatic heterocycles. The van der Waals surface area contributed by atoms with E-state index in [9.17, 15) is 19.7 Å². The lowest BCUT2D eigenvalue weighted by molar-refractivity contribution is -0.384. The molecule has 0 aliphatic rings. The second-order valence-corrected chi connectivity index (χ2v) is 3.70. The summed E-state index contributed by atoms with van der Waals surface area (Å²) in [5, 5.41) is 10.7. The van der Waals surface area contributed by atoms with Crippen LogP contribution in [0.4, 0.5) is 5.69 Å². The number of carbonyl (C=O) groups is 2. The number of non-ortho nitro benzene ring substituents is 1. The van der Waals surface area contributed by atoms with Gasteiger partial charge in [-0.25, -0.2) is 4.79 Å². The van der Waals surface area contributed by atoms with Crippen molar-refractivity contribution >= 4 is 17.4 Å². The smallest absolute Gasteiger partial charge is 0.338 e. The van der Waals surface area contributed by atoms with Crippen molar-refractivity contribution in [1.29, 1.82) is 0 Å². The number of benzene rings is 1. The highest BCUT2D eigenvalue weighted by molar-refractivity contribution is 5.93. The van der Waals surface area contributed by atoms with Gasteiger partial charge >= 0.3 is 5.97 Å². The summed E-state index contributed by atoms with van der Waals surface area (Å²) < 4.78 is 4.83. The van der Waals surface area contributed by atoms with Gasteiger partial charge in [-0.15, -0.1) is 0 Å². The number of nitro groups is 1. The van der Waals surface area contributed by atoms with Gasteiger partial charge in [0.2, 0.25) is 0 Å². The van der Waals surface area contributed by atoms with E-state index in [4.69, 9.17) is 4.74 Å². The van der Waals surface area contributed by atoms with Crippen LogP contribution in [-0.4, -0.2) is 23.3 Å². The Labute approximate surface area is 104 Å². The summed E-state index contributed by atoms with van der Waals surface area (Å²) in [6.45, 7) is 3.22. The maximum Gasteiger partial charge on any atom is 0.338 e. The van der Waals surface area contributed by atoms with Gasteiger partial charge in [0, 0.05) is 18.6 Å². The van der Waals surface area contributed by atoms with E-state index in [-0.39, 0.29) is 30.1 Å². The molecule has 0 aliphatic heterocycles. The third kappa shape index (κ3) is 3.38. The van der Waals surface area contributed by atoms with Gasteiger partial charge in [-0.2, -0.15) is 0 Å². The van der Waals surface area contributed by atoms with E-state index in [1.165, 1.54) is 25.1 Å². The van der Waals surface area contributed by atoms with Crippen LogP contribution in [0.2, 0.25) is 0 Å². The predicted octanol–water partition coefficient (Wildman–Crippen LogP) is 1.90. The SMILES string of the molecule is CCOC(=O)c1ccc([N+](=O)[O-])cc1CC(C)=O. The maximum absolute atomic E-state index is 11.6. The molecule has 1 aromatic carbocycles. The Morgan fingerprint density at radius 1 is 1.39 bits per heavy atom. The summed E-state index contributed by atoms with van der Waals surface area (Å²) in [5.41, 5.74) is 0.354. The molecule has 0 amide bonds. The molecule has 0 radical (unpaired) electrons. The zero-order valence-electron chi connectivity index (χ0n) is 10.1. The Hall–Kier alpha value is -2.24. The second kappa shape index (κ2) is 5.90. The van der Waals surface area contributed by atoms with Crippen LogP contribution in [-0.2, 0) is 16.0 Å². The van der Waals surface area contributed by atoms with Crippen molar-refractivity contribution in [2.45, 2.75) is 20.3 Å². The Kier molecular flexibility index (Phi) is 4.53. The van der Waals surface area contributed by atoms with Gasteiger partial charge < -0.3 is 4.74 Å². The Bertz CT molecular complexity index is 495. The van der Waals surface area contributed by atoms with E-state index in [1.54, 1.807) is 6.92 Å². The molecule has 0 unspecified atom stereocenters. The van der Waals surface area contributed by atoms with Gasteiger partial charge in [0.15, 0.2) is 0 Å². The zero-order valence-corrected chi connectivity index (χ0v) is 10.1. The first-order valence-corrected chi connectivity index (χ1v) is 5.39. The molecule has 0 atom stereocenters. The lowest BCUT2D eigenvalue weighted by Gasteiger charge is -2.07. The topological polar surface area (TPSA) is 86.5 Å². The Morgan fingerprint density at radius 2 is 2.06 bits per heavy atom. The molecule has 0 aliphatic carbocycles. The normalized spacial score (nSPS) is 9.89. The molecule has 0 saturated carbocycles. The standard InChI is InChI=1S/C12H13NO5/c1-3-18-12(15)11-5-4-10(13(16)17)7-9(11)6-8(2)14/h4-5,7H,3,6H2,1-2H3. The number of esters is 1. The number of rotatable bonds is 5. The number of hydrogen-bond donors (Lipinski definition) is 0. The molecule has 0 N–H and O–H groups in total.